The SMILES string of the molecule is O=C1CC[C@H]2c3ccccc3C(=O)[C@@H]2C1. The minimum atomic E-state index is -0.0522. The van der Waals surface area contributed by atoms with Crippen molar-refractivity contribution in [1.82, 2.24) is 0 Å². The van der Waals surface area contributed by atoms with Crippen molar-refractivity contribution in [2.24, 2.45) is 5.92 Å². The van der Waals surface area contributed by atoms with Gasteiger partial charge in [-0.1, -0.05) is 24.3 Å². The molecule has 76 valence electrons. The first-order chi connectivity index (χ1) is 7.27. The van der Waals surface area contributed by atoms with E-state index >= 15 is 0 Å². The standard InChI is InChI=1S/C13H12O2/c14-8-5-6-10-9-3-1-2-4-11(9)13(15)12(10)7-8/h1-4,10,12H,5-7H2/t10-,12+/m0/s1. The highest BCUT2D eigenvalue weighted by Crippen LogP contribution is 2.45. The Bertz CT molecular complexity index is 448. The molecule has 0 radical (unpaired) electrons. The highest BCUT2D eigenvalue weighted by Gasteiger charge is 2.42. The summed E-state index contributed by atoms with van der Waals surface area (Å²) in [4.78, 5) is 23.4. The zero-order chi connectivity index (χ0) is 10.4. The fourth-order valence-electron chi connectivity index (χ4n) is 2.90. The smallest absolute Gasteiger partial charge is 0.167 e. The van der Waals surface area contributed by atoms with Gasteiger partial charge in [0, 0.05) is 24.3 Å². The molecule has 0 spiro atoms. The summed E-state index contributed by atoms with van der Waals surface area (Å²) < 4.78 is 0. The highest BCUT2D eigenvalue weighted by atomic mass is 16.1. The first-order valence-corrected chi connectivity index (χ1v) is 5.42. The van der Waals surface area contributed by atoms with Gasteiger partial charge in [0.1, 0.15) is 5.78 Å². The average molecular weight is 200 g/mol. The van der Waals surface area contributed by atoms with Crippen molar-refractivity contribution in [3.8, 4) is 0 Å². The topological polar surface area (TPSA) is 34.1 Å². The monoisotopic (exact) mass is 200 g/mol. The van der Waals surface area contributed by atoms with E-state index in [4.69, 9.17) is 0 Å². The number of hydrogen-bond acceptors (Lipinski definition) is 2. The van der Waals surface area contributed by atoms with Crippen LogP contribution in [0.4, 0.5) is 0 Å². The zero-order valence-corrected chi connectivity index (χ0v) is 8.40. The lowest BCUT2D eigenvalue weighted by atomic mass is 9.79. The third kappa shape index (κ3) is 1.17. The quantitative estimate of drug-likeness (QED) is 0.644. The summed E-state index contributed by atoms with van der Waals surface area (Å²) in [5, 5.41) is 0. The second kappa shape index (κ2) is 3.02. The van der Waals surface area contributed by atoms with Gasteiger partial charge in [0.2, 0.25) is 0 Å². The lowest BCUT2D eigenvalue weighted by molar-refractivity contribution is -0.121. The Morgan fingerprint density at radius 1 is 1.07 bits per heavy atom. The normalized spacial score (nSPS) is 28.8. The van der Waals surface area contributed by atoms with Gasteiger partial charge >= 0.3 is 0 Å². The van der Waals surface area contributed by atoms with Gasteiger partial charge in [-0.3, -0.25) is 9.59 Å². The van der Waals surface area contributed by atoms with Crippen LogP contribution in [0.25, 0.3) is 0 Å². The van der Waals surface area contributed by atoms with E-state index in [1.165, 1.54) is 5.56 Å². The Morgan fingerprint density at radius 2 is 1.87 bits per heavy atom. The minimum absolute atomic E-state index is 0.0522. The minimum Gasteiger partial charge on any atom is -0.300 e. The Balaban J connectivity index is 2.08. The van der Waals surface area contributed by atoms with Crippen molar-refractivity contribution in [2.45, 2.75) is 25.2 Å². The molecule has 0 saturated heterocycles. The summed E-state index contributed by atoms with van der Waals surface area (Å²) in [5.74, 6) is 0.691. The van der Waals surface area contributed by atoms with Crippen LogP contribution in [-0.4, -0.2) is 11.6 Å². The fraction of sp³-hybridized carbons (Fsp3) is 0.385. The maximum absolute atomic E-state index is 12.0. The van der Waals surface area contributed by atoms with Crippen molar-refractivity contribution >= 4 is 11.6 Å². The second-order valence-electron chi connectivity index (χ2n) is 4.45. The zero-order valence-electron chi connectivity index (χ0n) is 8.40. The molecule has 2 atom stereocenters. The molecule has 3 rings (SSSR count). The summed E-state index contributed by atoms with van der Waals surface area (Å²) >= 11 is 0. The largest absolute Gasteiger partial charge is 0.300 e. The Kier molecular flexibility index (Phi) is 1.78. The van der Waals surface area contributed by atoms with Crippen LogP contribution in [0.5, 0.6) is 0 Å². The molecule has 0 unspecified atom stereocenters. The first kappa shape index (κ1) is 8.84. The summed E-state index contributed by atoms with van der Waals surface area (Å²) in [7, 11) is 0. The van der Waals surface area contributed by atoms with Crippen LogP contribution in [0, 0.1) is 5.92 Å². The van der Waals surface area contributed by atoms with Gasteiger partial charge in [-0.25, -0.2) is 0 Å². The van der Waals surface area contributed by atoms with Crippen LogP contribution >= 0.6 is 0 Å². The number of benzene rings is 1. The number of rotatable bonds is 0. The Labute approximate surface area is 88.3 Å². The van der Waals surface area contributed by atoms with Crippen molar-refractivity contribution in [2.75, 3.05) is 0 Å². The van der Waals surface area contributed by atoms with Crippen molar-refractivity contribution < 1.29 is 9.59 Å². The second-order valence-corrected chi connectivity index (χ2v) is 4.45. The van der Waals surface area contributed by atoms with E-state index in [0.29, 0.717) is 18.8 Å². The third-order valence-electron chi connectivity index (χ3n) is 3.63. The molecule has 2 aliphatic carbocycles. The summed E-state index contributed by atoms with van der Waals surface area (Å²) in [5.41, 5.74) is 2.02. The molecule has 0 N–H and O–H groups in total. The van der Waals surface area contributed by atoms with Crippen LogP contribution in [0.15, 0.2) is 24.3 Å². The maximum Gasteiger partial charge on any atom is 0.167 e. The van der Waals surface area contributed by atoms with Gasteiger partial charge in [0.25, 0.3) is 0 Å². The van der Waals surface area contributed by atoms with Crippen molar-refractivity contribution in [1.29, 1.82) is 0 Å². The molecular weight excluding hydrogens is 188 g/mol. The van der Waals surface area contributed by atoms with Gasteiger partial charge in [-0.2, -0.15) is 0 Å². The van der Waals surface area contributed by atoms with Gasteiger partial charge in [0.05, 0.1) is 0 Å². The lowest BCUT2D eigenvalue weighted by Gasteiger charge is -2.23. The molecule has 0 amide bonds. The molecular formula is C13H12O2. The molecule has 1 fully saturated rings. The number of hydrogen-bond donors (Lipinski definition) is 0. The van der Waals surface area contributed by atoms with Crippen LogP contribution < -0.4 is 0 Å². The molecule has 2 nitrogen and oxygen atoms in total. The van der Waals surface area contributed by atoms with Crippen LogP contribution in [0.3, 0.4) is 0 Å². The molecule has 0 aliphatic heterocycles. The molecule has 2 aliphatic rings. The van der Waals surface area contributed by atoms with E-state index in [1.807, 2.05) is 24.3 Å². The lowest BCUT2D eigenvalue weighted by Crippen LogP contribution is -2.23. The van der Waals surface area contributed by atoms with Crippen molar-refractivity contribution in [3.63, 3.8) is 0 Å². The van der Waals surface area contributed by atoms with Crippen molar-refractivity contribution in [3.05, 3.63) is 35.4 Å². The predicted octanol–water partition coefficient (Wildman–Crippen LogP) is 2.34. The van der Waals surface area contributed by atoms with Crippen LogP contribution in [0.1, 0.15) is 41.1 Å². The molecule has 1 aromatic rings. The van der Waals surface area contributed by atoms with E-state index in [9.17, 15) is 9.59 Å². The van der Waals surface area contributed by atoms with E-state index in [1.54, 1.807) is 0 Å². The molecule has 0 heterocycles. The van der Waals surface area contributed by atoms with Crippen LogP contribution in [0.2, 0.25) is 0 Å². The number of Topliss-reactive ketones (excluding diaryl/α,β-unsaturated/α-hetero) is 2. The van der Waals surface area contributed by atoms with Gasteiger partial charge in [-0.05, 0) is 17.9 Å². The van der Waals surface area contributed by atoms with E-state index in [-0.39, 0.29) is 17.5 Å². The first-order valence-electron chi connectivity index (χ1n) is 5.42. The molecule has 15 heavy (non-hydrogen) atoms. The number of carbonyl (C=O) groups is 2. The van der Waals surface area contributed by atoms with E-state index < -0.39 is 0 Å². The summed E-state index contributed by atoms with van der Waals surface area (Å²) in [6, 6.07) is 7.80. The summed E-state index contributed by atoms with van der Waals surface area (Å²) in [6.07, 6.45) is 1.95. The van der Waals surface area contributed by atoms with E-state index in [0.717, 1.165) is 12.0 Å². The van der Waals surface area contributed by atoms with Crippen LogP contribution in [-0.2, 0) is 4.79 Å². The van der Waals surface area contributed by atoms with Gasteiger partial charge in [0.15, 0.2) is 5.78 Å². The molecule has 1 aromatic carbocycles. The summed E-state index contributed by atoms with van der Waals surface area (Å²) in [6.45, 7) is 0. The number of ketones is 2. The number of carbonyl (C=O) groups excluding carboxylic acids is 2. The third-order valence-corrected chi connectivity index (χ3v) is 3.63. The molecule has 0 bridgehead atoms. The van der Waals surface area contributed by atoms with Gasteiger partial charge in [-0.15, -0.1) is 0 Å². The van der Waals surface area contributed by atoms with Gasteiger partial charge < -0.3 is 0 Å². The predicted molar refractivity (Wildman–Crippen MR) is 55.9 cm³/mol. The number of fused-ring (bicyclic) bond motifs is 3. The maximum atomic E-state index is 12.0. The van der Waals surface area contributed by atoms with E-state index in [2.05, 4.69) is 0 Å². The fourth-order valence-corrected chi connectivity index (χ4v) is 2.90. The molecule has 1 saturated carbocycles. The Morgan fingerprint density at radius 3 is 2.73 bits per heavy atom. The Hall–Kier alpha value is -1.44. The highest BCUT2D eigenvalue weighted by molar-refractivity contribution is 6.05. The molecule has 2 heteroatoms. The molecule has 0 aromatic heterocycles. The average Bonchev–Trinajstić information content (AvgIpc) is 2.54.